The first-order valence-corrected chi connectivity index (χ1v) is 3.38. The molecule has 0 spiro atoms. The first-order chi connectivity index (χ1) is 5.42. The summed E-state index contributed by atoms with van der Waals surface area (Å²) in [5.74, 6) is 0.764. The summed E-state index contributed by atoms with van der Waals surface area (Å²) in [7, 11) is 1.64. The minimum absolute atomic E-state index is 0.764. The number of ether oxygens (including phenoxy) is 1. The fourth-order valence-electron chi connectivity index (χ4n) is 1.06. The molecule has 2 rings (SSSR count). The predicted molar refractivity (Wildman–Crippen MR) is 41.7 cm³/mol. The average molecular weight is 148 g/mol. The van der Waals surface area contributed by atoms with Crippen molar-refractivity contribution in [3.63, 3.8) is 0 Å². The van der Waals surface area contributed by atoms with E-state index < -0.39 is 0 Å². The standard InChI is InChI=1S/C8H8N2O/c1-11-8-6-9-7-4-2-3-5-10(7)8/h2-6H,1H3. The van der Waals surface area contributed by atoms with E-state index in [1.54, 1.807) is 13.3 Å². The summed E-state index contributed by atoms with van der Waals surface area (Å²) in [6.07, 6.45) is 3.62. The number of pyridine rings is 1. The lowest BCUT2D eigenvalue weighted by molar-refractivity contribution is 0.394. The lowest BCUT2D eigenvalue weighted by Gasteiger charge is -1.96. The van der Waals surface area contributed by atoms with Gasteiger partial charge in [-0.2, -0.15) is 0 Å². The molecule has 0 unspecified atom stereocenters. The maximum Gasteiger partial charge on any atom is 0.218 e. The van der Waals surface area contributed by atoms with Crippen LogP contribution in [0.3, 0.4) is 0 Å². The molecule has 0 bridgehead atoms. The van der Waals surface area contributed by atoms with Crippen molar-refractivity contribution in [2.45, 2.75) is 0 Å². The molecule has 0 fully saturated rings. The van der Waals surface area contributed by atoms with Crippen molar-refractivity contribution in [2.75, 3.05) is 7.11 Å². The Morgan fingerprint density at radius 1 is 1.45 bits per heavy atom. The van der Waals surface area contributed by atoms with Crippen molar-refractivity contribution in [1.82, 2.24) is 9.38 Å². The second-order valence-electron chi connectivity index (χ2n) is 2.23. The number of nitrogens with zero attached hydrogens (tertiary/aromatic N) is 2. The molecule has 0 saturated carbocycles. The second kappa shape index (κ2) is 2.27. The van der Waals surface area contributed by atoms with Gasteiger partial charge in [-0.05, 0) is 12.1 Å². The molecule has 3 heteroatoms. The summed E-state index contributed by atoms with van der Waals surface area (Å²) in [4.78, 5) is 4.13. The Kier molecular flexibility index (Phi) is 1.28. The molecule has 0 amide bonds. The lowest BCUT2D eigenvalue weighted by atomic mass is 10.5. The molecule has 0 saturated heterocycles. The monoisotopic (exact) mass is 148 g/mol. The normalized spacial score (nSPS) is 10.3. The fraction of sp³-hybridized carbons (Fsp3) is 0.125. The van der Waals surface area contributed by atoms with Gasteiger partial charge in [0.15, 0.2) is 0 Å². The van der Waals surface area contributed by atoms with E-state index in [0.29, 0.717) is 0 Å². The lowest BCUT2D eigenvalue weighted by Crippen LogP contribution is -1.88. The van der Waals surface area contributed by atoms with Crippen molar-refractivity contribution in [3.8, 4) is 5.88 Å². The van der Waals surface area contributed by atoms with E-state index in [1.807, 2.05) is 28.8 Å². The summed E-state index contributed by atoms with van der Waals surface area (Å²) in [6, 6.07) is 5.82. The predicted octanol–water partition coefficient (Wildman–Crippen LogP) is 1.34. The third-order valence-corrected chi connectivity index (χ3v) is 1.59. The van der Waals surface area contributed by atoms with Crippen molar-refractivity contribution in [2.24, 2.45) is 0 Å². The Bertz CT molecular complexity index is 367. The van der Waals surface area contributed by atoms with E-state index in [0.717, 1.165) is 11.5 Å². The summed E-state index contributed by atoms with van der Waals surface area (Å²) < 4.78 is 6.96. The van der Waals surface area contributed by atoms with Gasteiger partial charge < -0.3 is 4.74 Å². The first kappa shape index (κ1) is 6.22. The molecule has 0 radical (unpaired) electrons. The van der Waals surface area contributed by atoms with Gasteiger partial charge >= 0.3 is 0 Å². The molecule has 0 N–H and O–H groups in total. The zero-order chi connectivity index (χ0) is 7.68. The van der Waals surface area contributed by atoms with Gasteiger partial charge in [0.05, 0.1) is 13.3 Å². The zero-order valence-electron chi connectivity index (χ0n) is 6.19. The Morgan fingerprint density at radius 2 is 2.36 bits per heavy atom. The van der Waals surface area contributed by atoms with Crippen LogP contribution in [0.5, 0.6) is 5.88 Å². The van der Waals surface area contributed by atoms with Gasteiger partial charge in [-0.25, -0.2) is 4.98 Å². The van der Waals surface area contributed by atoms with Crippen molar-refractivity contribution in [1.29, 1.82) is 0 Å². The van der Waals surface area contributed by atoms with Crippen molar-refractivity contribution < 1.29 is 4.74 Å². The Labute approximate surface area is 64.2 Å². The van der Waals surface area contributed by atoms with E-state index in [9.17, 15) is 0 Å². The number of aromatic nitrogens is 2. The van der Waals surface area contributed by atoms with E-state index in [2.05, 4.69) is 4.98 Å². The van der Waals surface area contributed by atoms with Crippen LogP contribution in [0.15, 0.2) is 30.6 Å². The SMILES string of the molecule is COc1cnc2ccccn12. The molecule has 2 heterocycles. The topological polar surface area (TPSA) is 26.5 Å². The Hall–Kier alpha value is -1.51. The third-order valence-electron chi connectivity index (χ3n) is 1.59. The highest BCUT2D eigenvalue weighted by atomic mass is 16.5. The highest BCUT2D eigenvalue weighted by Crippen LogP contribution is 2.11. The Balaban J connectivity index is 2.76. The molecule has 2 aromatic rings. The maximum absolute atomic E-state index is 5.07. The van der Waals surface area contributed by atoms with Gasteiger partial charge in [0, 0.05) is 6.20 Å². The molecular formula is C8H8N2O. The van der Waals surface area contributed by atoms with Crippen LogP contribution in [0.1, 0.15) is 0 Å². The van der Waals surface area contributed by atoms with Gasteiger partial charge in [-0.3, -0.25) is 4.40 Å². The molecule has 0 atom stereocenters. The van der Waals surface area contributed by atoms with E-state index >= 15 is 0 Å². The molecule has 0 aromatic carbocycles. The van der Waals surface area contributed by atoms with Crippen LogP contribution in [-0.2, 0) is 0 Å². The number of fused-ring (bicyclic) bond motifs is 1. The average Bonchev–Trinajstić information content (AvgIpc) is 2.47. The maximum atomic E-state index is 5.07. The van der Waals surface area contributed by atoms with Gasteiger partial charge in [0.25, 0.3) is 0 Å². The van der Waals surface area contributed by atoms with E-state index in [-0.39, 0.29) is 0 Å². The van der Waals surface area contributed by atoms with Crippen LogP contribution < -0.4 is 4.74 Å². The highest BCUT2D eigenvalue weighted by molar-refractivity contribution is 5.41. The summed E-state index contributed by atoms with van der Waals surface area (Å²) in [6.45, 7) is 0. The smallest absolute Gasteiger partial charge is 0.218 e. The highest BCUT2D eigenvalue weighted by Gasteiger charge is 1.98. The quantitative estimate of drug-likeness (QED) is 0.610. The van der Waals surface area contributed by atoms with Crippen LogP contribution in [-0.4, -0.2) is 16.5 Å². The van der Waals surface area contributed by atoms with E-state index in [4.69, 9.17) is 4.74 Å². The molecule has 0 aliphatic carbocycles. The van der Waals surface area contributed by atoms with E-state index in [1.165, 1.54) is 0 Å². The van der Waals surface area contributed by atoms with Crippen molar-refractivity contribution >= 4 is 5.65 Å². The van der Waals surface area contributed by atoms with Crippen LogP contribution in [0, 0.1) is 0 Å². The number of methoxy groups -OCH3 is 1. The van der Waals surface area contributed by atoms with Crippen molar-refractivity contribution in [3.05, 3.63) is 30.6 Å². The largest absolute Gasteiger partial charge is 0.481 e. The molecule has 56 valence electrons. The number of hydrogen-bond donors (Lipinski definition) is 0. The number of rotatable bonds is 1. The minimum Gasteiger partial charge on any atom is -0.481 e. The number of imidazole rings is 1. The molecule has 2 aromatic heterocycles. The second-order valence-corrected chi connectivity index (χ2v) is 2.23. The van der Waals surface area contributed by atoms with Gasteiger partial charge in [-0.1, -0.05) is 6.07 Å². The summed E-state index contributed by atoms with van der Waals surface area (Å²) >= 11 is 0. The third kappa shape index (κ3) is 0.852. The molecular weight excluding hydrogens is 140 g/mol. The molecule has 3 nitrogen and oxygen atoms in total. The fourth-order valence-corrected chi connectivity index (χ4v) is 1.06. The van der Waals surface area contributed by atoms with Crippen LogP contribution in [0.25, 0.3) is 5.65 Å². The molecule has 11 heavy (non-hydrogen) atoms. The summed E-state index contributed by atoms with van der Waals surface area (Å²) in [5, 5.41) is 0. The van der Waals surface area contributed by atoms with Gasteiger partial charge in [0.2, 0.25) is 5.88 Å². The zero-order valence-corrected chi connectivity index (χ0v) is 6.19. The van der Waals surface area contributed by atoms with Crippen LogP contribution in [0.4, 0.5) is 0 Å². The Morgan fingerprint density at radius 3 is 3.18 bits per heavy atom. The first-order valence-electron chi connectivity index (χ1n) is 3.38. The minimum atomic E-state index is 0.764. The van der Waals surface area contributed by atoms with Crippen LogP contribution in [0.2, 0.25) is 0 Å². The summed E-state index contributed by atoms with van der Waals surface area (Å²) in [5.41, 5.74) is 0.907. The molecule has 0 aliphatic rings. The number of hydrogen-bond acceptors (Lipinski definition) is 2. The van der Waals surface area contributed by atoms with Gasteiger partial charge in [0.1, 0.15) is 5.65 Å². The van der Waals surface area contributed by atoms with Gasteiger partial charge in [-0.15, -0.1) is 0 Å². The van der Waals surface area contributed by atoms with Crippen LogP contribution >= 0.6 is 0 Å². The molecule has 0 aliphatic heterocycles.